The number of rotatable bonds is 2. The molecule has 0 bridgehead atoms. The van der Waals surface area contributed by atoms with E-state index in [0.29, 0.717) is 5.56 Å². The summed E-state index contributed by atoms with van der Waals surface area (Å²) in [5, 5.41) is 6.34. The molecular weight excluding hydrogens is 249 g/mol. The van der Waals surface area contributed by atoms with Crippen LogP contribution in [0.4, 0.5) is 0 Å². The van der Waals surface area contributed by atoms with Crippen LogP contribution in [-0.4, -0.2) is 30.0 Å². The van der Waals surface area contributed by atoms with Crippen LogP contribution in [0.25, 0.3) is 0 Å². The van der Waals surface area contributed by atoms with Crippen molar-refractivity contribution in [1.29, 1.82) is 0 Å². The Morgan fingerprint density at radius 2 is 2.44 bits per heavy atom. The summed E-state index contributed by atoms with van der Waals surface area (Å²) in [4.78, 5) is 15.6. The van der Waals surface area contributed by atoms with Gasteiger partial charge in [0, 0.05) is 18.8 Å². The van der Waals surface area contributed by atoms with Crippen LogP contribution in [-0.2, 0) is 0 Å². The molecule has 0 aliphatic carbocycles. The maximum atomic E-state index is 11.8. The molecule has 0 unspecified atom stereocenters. The Hall–Kier alpha value is -0.840. The zero-order chi connectivity index (χ0) is 10.7. The first kappa shape index (κ1) is 13.2. The van der Waals surface area contributed by atoms with Crippen LogP contribution in [0.15, 0.2) is 18.3 Å². The van der Waals surface area contributed by atoms with E-state index in [9.17, 15) is 4.79 Å². The van der Waals surface area contributed by atoms with E-state index in [-0.39, 0.29) is 29.5 Å². The molecule has 0 spiro atoms. The molecular formula is C10H13Cl2N3O. The van der Waals surface area contributed by atoms with Gasteiger partial charge in [-0.2, -0.15) is 0 Å². The highest BCUT2D eigenvalue weighted by Gasteiger charge is 2.18. The molecule has 0 aromatic carbocycles. The van der Waals surface area contributed by atoms with Crippen molar-refractivity contribution in [3.05, 3.63) is 29.0 Å². The molecule has 2 rings (SSSR count). The molecule has 2 heterocycles. The number of hydrogen-bond donors (Lipinski definition) is 2. The van der Waals surface area contributed by atoms with E-state index in [2.05, 4.69) is 15.6 Å². The van der Waals surface area contributed by atoms with Crippen molar-refractivity contribution < 1.29 is 4.79 Å². The number of amides is 1. The number of carbonyl (C=O) groups excluding carboxylic acids is 1. The van der Waals surface area contributed by atoms with Gasteiger partial charge in [0.05, 0.1) is 5.56 Å². The van der Waals surface area contributed by atoms with Gasteiger partial charge in [0.1, 0.15) is 5.15 Å². The smallest absolute Gasteiger partial charge is 0.254 e. The summed E-state index contributed by atoms with van der Waals surface area (Å²) in [5.41, 5.74) is 0.436. The van der Waals surface area contributed by atoms with Gasteiger partial charge in [-0.1, -0.05) is 11.6 Å². The number of halogens is 2. The lowest BCUT2D eigenvalue weighted by Gasteiger charge is -2.11. The molecule has 4 nitrogen and oxygen atoms in total. The normalized spacial score (nSPS) is 18.9. The minimum atomic E-state index is -0.151. The first-order chi connectivity index (χ1) is 7.27. The Balaban J connectivity index is 0.00000128. The molecule has 1 aliphatic heterocycles. The molecule has 1 aromatic heterocycles. The molecule has 88 valence electrons. The van der Waals surface area contributed by atoms with Crippen LogP contribution in [0.3, 0.4) is 0 Å². The van der Waals surface area contributed by atoms with Gasteiger partial charge in [-0.25, -0.2) is 4.98 Å². The fourth-order valence-electron chi connectivity index (χ4n) is 1.60. The molecule has 16 heavy (non-hydrogen) atoms. The van der Waals surface area contributed by atoms with Crippen molar-refractivity contribution in [3.63, 3.8) is 0 Å². The van der Waals surface area contributed by atoms with E-state index in [0.717, 1.165) is 19.5 Å². The zero-order valence-electron chi connectivity index (χ0n) is 8.57. The van der Waals surface area contributed by atoms with Crippen LogP contribution in [0.2, 0.25) is 5.15 Å². The predicted molar refractivity (Wildman–Crippen MR) is 65.2 cm³/mol. The van der Waals surface area contributed by atoms with Crippen LogP contribution < -0.4 is 10.6 Å². The van der Waals surface area contributed by atoms with Gasteiger partial charge in [0.25, 0.3) is 5.91 Å². The van der Waals surface area contributed by atoms with Gasteiger partial charge >= 0.3 is 0 Å². The van der Waals surface area contributed by atoms with E-state index in [1.54, 1.807) is 18.3 Å². The van der Waals surface area contributed by atoms with Gasteiger partial charge in [0.2, 0.25) is 0 Å². The number of carbonyl (C=O) groups is 1. The minimum absolute atomic E-state index is 0. The Bertz CT molecular complexity index is 367. The molecule has 1 fully saturated rings. The molecule has 0 saturated carbocycles. The van der Waals surface area contributed by atoms with E-state index in [4.69, 9.17) is 11.6 Å². The molecule has 1 aromatic rings. The monoisotopic (exact) mass is 261 g/mol. The molecule has 6 heteroatoms. The second-order valence-electron chi connectivity index (χ2n) is 3.50. The summed E-state index contributed by atoms with van der Waals surface area (Å²) in [5.74, 6) is -0.151. The van der Waals surface area contributed by atoms with Crippen molar-refractivity contribution in [2.24, 2.45) is 0 Å². The predicted octanol–water partition coefficient (Wildman–Crippen LogP) is 1.25. The SMILES string of the molecule is Cl.O=C(N[C@H]1CCNC1)c1cccnc1Cl. The van der Waals surface area contributed by atoms with Gasteiger partial charge in [-0.05, 0) is 25.1 Å². The summed E-state index contributed by atoms with van der Waals surface area (Å²) >= 11 is 5.82. The van der Waals surface area contributed by atoms with Gasteiger partial charge in [0.15, 0.2) is 0 Å². The highest BCUT2D eigenvalue weighted by Crippen LogP contribution is 2.11. The van der Waals surface area contributed by atoms with E-state index >= 15 is 0 Å². The van der Waals surface area contributed by atoms with E-state index in [1.165, 1.54) is 0 Å². The molecule has 1 saturated heterocycles. The van der Waals surface area contributed by atoms with Crippen molar-refractivity contribution in [1.82, 2.24) is 15.6 Å². The topological polar surface area (TPSA) is 54.0 Å². The Morgan fingerprint density at radius 3 is 3.06 bits per heavy atom. The molecule has 1 atom stereocenters. The summed E-state index contributed by atoms with van der Waals surface area (Å²) < 4.78 is 0. The van der Waals surface area contributed by atoms with Crippen molar-refractivity contribution in [2.75, 3.05) is 13.1 Å². The van der Waals surface area contributed by atoms with Gasteiger partial charge in [-0.15, -0.1) is 12.4 Å². The first-order valence-corrected chi connectivity index (χ1v) is 5.27. The third kappa shape index (κ3) is 3.07. The Morgan fingerprint density at radius 1 is 1.62 bits per heavy atom. The summed E-state index contributed by atoms with van der Waals surface area (Å²) in [6.07, 6.45) is 2.53. The van der Waals surface area contributed by atoms with E-state index in [1.807, 2.05) is 0 Å². The third-order valence-electron chi connectivity index (χ3n) is 2.40. The Kier molecular flexibility index (Phi) is 4.99. The summed E-state index contributed by atoms with van der Waals surface area (Å²) in [6, 6.07) is 3.58. The minimum Gasteiger partial charge on any atom is -0.348 e. The van der Waals surface area contributed by atoms with Gasteiger partial charge in [-0.3, -0.25) is 4.79 Å². The number of pyridine rings is 1. The summed E-state index contributed by atoms with van der Waals surface area (Å²) in [6.45, 7) is 1.77. The van der Waals surface area contributed by atoms with Crippen LogP contribution in [0.5, 0.6) is 0 Å². The molecule has 2 N–H and O–H groups in total. The lowest BCUT2D eigenvalue weighted by molar-refractivity contribution is 0.0940. The van der Waals surface area contributed by atoms with Crippen LogP contribution in [0.1, 0.15) is 16.8 Å². The van der Waals surface area contributed by atoms with Crippen molar-refractivity contribution in [2.45, 2.75) is 12.5 Å². The highest BCUT2D eigenvalue weighted by atomic mass is 35.5. The lowest BCUT2D eigenvalue weighted by Crippen LogP contribution is -2.36. The van der Waals surface area contributed by atoms with Crippen LogP contribution >= 0.6 is 24.0 Å². The fraction of sp³-hybridized carbons (Fsp3) is 0.400. The van der Waals surface area contributed by atoms with Crippen molar-refractivity contribution >= 4 is 29.9 Å². The molecule has 1 aliphatic rings. The maximum Gasteiger partial charge on any atom is 0.254 e. The standard InChI is InChI=1S/C10H12ClN3O.ClH/c11-9-8(2-1-4-13-9)10(15)14-7-3-5-12-6-7;/h1-2,4,7,12H,3,5-6H2,(H,14,15);1H/t7-;/m0./s1. The average molecular weight is 262 g/mol. The number of nitrogens with one attached hydrogen (secondary N) is 2. The van der Waals surface area contributed by atoms with E-state index < -0.39 is 0 Å². The number of nitrogens with zero attached hydrogens (tertiary/aromatic N) is 1. The molecule has 1 amide bonds. The lowest BCUT2D eigenvalue weighted by atomic mass is 10.2. The largest absolute Gasteiger partial charge is 0.348 e. The van der Waals surface area contributed by atoms with Crippen LogP contribution in [0, 0.1) is 0 Å². The quantitative estimate of drug-likeness (QED) is 0.789. The van der Waals surface area contributed by atoms with Crippen molar-refractivity contribution in [3.8, 4) is 0 Å². The van der Waals surface area contributed by atoms with Gasteiger partial charge < -0.3 is 10.6 Å². The zero-order valence-corrected chi connectivity index (χ0v) is 10.1. The third-order valence-corrected chi connectivity index (χ3v) is 2.70. The first-order valence-electron chi connectivity index (χ1n) is 4.89. The highest BCUT2D eigenvalue weighted by molar-refractivity contribution is 6.32. The second kappa shape index (κ2) is 6.03. The maximum absolute atomic E-state index is 11.8. The number of hydrogen-bond acceptors (Lipinski definition) is 3. The Labute approximate surface area is 105 Å². The fourth-order valence-corrected chi connectivity index (χ4v) is 1.80. The summed E-state index contributed by atoms with van der Waals surface area (Å²) in [7, 11) is 0. The average Bonchev–Trinajstić information content (AvgIpc) is 2.71. The number of aromatic nitrogens is 1. The second-order valence-corrected chi connectivity index (χ2v) is 3.86. The molecule has 0 radical (unpaired) electrons.